The number of aromatic nitrogens is 1. The summed E-state index contributed by atoms with van der Waals surface area (Å²) in [6.07, 6.45) is 4.03. The maximum atomic E-state index is 12.4. The molecule has 1 aliphatic rings. The van der Waals surface area contributed by atoms with Crippen molar-refractivity contribution >= 4 is 23.1 Å². The van der Waals surface area contributed by atoms with Gasteiger partial charge in [0.25, 0.3) is 5.91 Å². The predicted octanol–water partition coefficient (Wildman–Crippen LogP) is 3.46. The number of carbonyl (C=O) groups is 1. The summed E-state index contributed by atoms with van der Waals surface area (Å²) in [5.41, 5.74) is 8.67. The average Bonchev–Trinajstić information content (AvgIpc) is 2.59. The number of aryl methyl sites for hydroxylation is 1. The zero-order chi connectivity index (χ0) is 17.1. The molecule has 2 heterocycles. The summed E-state index contributed by atoms with van der Waals surface area (Å²) in [6, 6.07) is 9.24. The van der Waals surface area contributed by atoms with Gasteiger partial charge in [-0.3, -0.25) is 4.79 Å². The Morgan fingerprint density at radius 3 is 2.67 bits per heavy atom. The van der Waals surface area contributed by atoms with Gasteiger partial charge in [0, 0.05) is 30.7 Å². The smallest absolute Gasteiger partial charge is 0.257 e. The van der Waals surface area contributed by atoms with Crippen LogP contribution in [0, 0.1) is 12.8 Å². The van der Waals surface area contributed by atoms with Crippen LogP contribution in [0.1, 0.15) is 35.7 Å². The van der Waals surface area contributed by atoms with E-state index in [4.69, 9.17) is 5.73 Å². The van der Waals surface area contributed by atoms with E-state index >= 15 is 0 Å². The highest BCUT2D eigenvalue weighted by Crippen LogP contribution is 2.22. The summed E-state index contributed by atoms with van der Waals surface area (Å²) in [5, 5.41) is 2.90. The third-order valence-electron chi connectivity index (χ3n) is 4.63. The van der Waals surface area contributed by atoms with E-state index in [-0.39, 0.29) is 5.91 Å². The molecule has 0 aliphatic carbocycles. The molecule has 3 N–H and O–H groups in total. The quantitative estimate of drug-likeness (QED) is 0.848. The highest BCUT2D eigenvalue weighted by atomic mass is 16.1. The van der Waals surface area contributed by atoms with E-state index in [2.05, 4.69) is 22.1 Å². The van der Waals surface area contributed by atoms with Gasteiger partial charge < -0.3 is 16.0 Å². The Morgan fingerprint density at radius 2 is 2.00 bits per heavy atom. The van der Waals surface area contributed by atoms with E-state index < -0.39 is 0 Å². The number of nitrogen functional groups attached to an aromatic ring is 1. The van der Waals surface area contributed by atoms with Crippen molar-refractivity contribution in [2.75, 3.05) is 29.0 Å². The molecule has 0 saturated carbocycles. The molecule has 5 nitrogen and oxygen atoms in total. The van der Waals surface area contributed by atoms with Gasteiger partial charge in [0.1, 0.15) is 5.82 Å². The second-order valence-corrected chi connectivity index (χ2v) is 6.60. The number of piperidine rings is 1. The van der Waals surface area contributed by atoms with Gasteiger partial charge in [-0.05, 0) is 55.5 Å². The molecule has 0 atom stereocenters. The van der Waals surface area contributed by atoms with Crippen LogP contribution in [-0.2, 0) is 0 Å². The van der Waals surface area contributed by atoms with Crippen LogP contribution in [0.25, 0.3) is 0 Å². The SMILES string of the molecule is Cc1ccc(N)cc1NC(=O)c1ccc(N2CCC(C)CC2)nc1. The standard InChI is InChI=1S/C19H24N4O/c1-13-7-9-23(10-8-13)18-6-4-15(12-21-18)19(24)22-17-11-16(20)5-3-14(17)2/h3-6,11-13H,7-10,20H2,1-2H3,(H,22,24). The van der Waals surface area contributed by atoms with Gasteiger partial charge in [-0.15, -0.1) is 0 Å². The molecule has 126 valence electrons. The number of nitrogens with one attached hydrogen (secondary N) is 1. The lowest BCUT2D eigenvalue weighted by atomic mass is 9.99. The lowest BCUT2D eigenvalue weighted by Crippen LogP contribution is -2.33. The van der Waals surface area contributed by atoms with E-state index in [0.29, 0.717) is 11.3 Å². The van der Waals surface area contributed by atoms with Gasteiger partial charge in [0.05, 0.1) is 5.56 Å². The highest BCUT2D eigenvalue weighted by Gasteiger charge is 2.17. The molecule has 24 heavy (non-hydrogen) atoms. The molecule has 1 aliphatic heterocycles. The van der Waals surface area contributed by atoms with Crippen LogP contribution in [0.4, 0.5) is 17.2 Å². The molecule has 0 unspecified atom stereocenters. The fourth-order valence-electron chi connectivity index (χ4n) is 2.91. The monoisotopic (exact) mass is 324 g/mol. The zero-order valence-electron chi connectivity index (χ0n) is 14.2. The molecule has 0 bridgehead atoms. The molecule has 1 aromatic carbocycles. The Bertz CT molecular complexity index is 719. The maximum Gasteiger partial charge on any atom is 0.257 e. The summed E-state index contributed by atoms with van der Waals surface area (Å²) in [4.78, 5) is 19.2. The number of amides is 1. The minimum absolute atomic E-state index is 0.171. The number of anilines is 3. The Hall–Kier alpha value is -2.56. The van der Waals surface area contributed by atoms with Crippen molar-refractivity contribution in [3.05, 3.63) is 47.7 Å². The normalized spacial score (nSPS) is 15.3. The largest absolute Gasteiger partial charge is 0.399 e. The number of carbonyl (C=O) groups excluding carboxylic acids is 1. The minimum Gasteiger partial charge on any atom is -0.399 e. The van der Waals surface area contributed by atoms with Crippen molar-refractivity contribution in [2.45, 2.75) is 26.7 Å². The molecule has 1 fully saturated rings. The van der Waals surface area contributed by atoms with Gasteiger partial charge in [-0.2, -0.15) is 0 Å². The molecular formula is C19H24N4O. The van der Waals surface area contributed by atoms with Crippen molar-refractivity contribution in [3.8, 4) is 0 Å². The molecule has 5 heteroatoms. The fraction of sp³-hybridized carbons (Fsp3) is 0.368. The molecule has 0 radical (unpaired) electrons. The van der Waals surface area contributed by atoms with Crippen LogP contribution in [-0.4, -0.2) is 24.0 Å². The molecule has 0 spiro atoms. The summed E-state index contributed by atoms with van der Waals surface area (Å²) in [7, 11) is 0. The summed E-state index contributed by atoms with van der Waals surface area (Å²) in [6.45, 7) is 6.29. The summed E-state index contributed by atoms with van der Waals surface area (Å²) in [5.74, 6) is 1.56. The van der Waals surface area contributed by atoms with Crippen molar-refractivity contribution < 1.29 is 4.79 Å². The second-order valence-electron chi connectivity index (χ2n) is 6.60. The predicted molar refractivity (Wildman–Crippen MR) is 98.4 cm³/mol. The van der Waals surface area contributed by atoms with Gasteiger partial charge in [-0.1, -0.05) is 13.0 Å². The molecule has 1 aromatic heterocycles. The van der Waals surface area contributed by atoms with E-state index in [1.165, 1.54) is 12.8 Å². The molecular weight excluding hydrogens is 300 g/mol. The number of benzene rings is 1. The van der Waals surface area contributed by atoms with E-state index in [1.807, 2.05) is 31.2 Å². The van der Waals surface area contributed by atoms with Gasteiger partial charge in [-0.25, -0.2) is 4.98 Å². The molecule has 2 aromatic rings. The third kappa shape index (κ3) is 3.67. The highest BCUT2D eigenvalue weighted by molar-refractivity contribution is 6.04. The van der Waals surface area contributed by atoms with Gasteiger partial charge in [0.15, 0.2) is 0 Å². The number of hydrogen-bond donors (Lipinski definition) is 2. The maximum absolute atomic E-state index is 12.4. The lowest BCUT2D eigenvalue weighted by molar-refractivity contribution is 0.102. The number of nitrogens with two attached hydrogens (primary N) is 1. The topological polar surface area (TPSA) is 71.2 Å². The van der Waals surface area contributed by atoms with Crippen molar-refractivity contribution in [1.29, 1.82) is 0 Å². The van der Waals surface area contributed by atoms with E-state index in [1.54, 1.807) is 12.3 Å². The first kappa shape index (κ1) is 16.3. The van der Waals surface area contributed by atoms with Crippen molar-refractivity contribution in [3.63, 3.8) is 0 Å². The number of pyridine rings is 1. The molecule has 3 rings (SSSR count). The summed E-state index contributed by atoms with van der Waals surface area (Å²) >= 11 is 0. The van der Waals surface area contributed by atoms with Gasteiger partial charge >= 0.3 is 0 Å². The first-order valence-electron chi connectivity index (χ1n) is 8.41. The van der Waals surface area contributed by atoms with Crippen LogP contribution in [0.15, 0.2) is 36.5 Å². The van der Waals surface area contributed by atoms with Crippen LogP contribution in [0.5, 0.6) is 0 Å². The first-order valence-corrected chi connectivity index (χ1v) is 8.41. The number of hydrogen-bond acceptors (Lipinski definition) is 4. The van der Waals surface area contributed by atoms with Crippen LogP contribution >= 0.6 is 0 Å². The third-order valence-corrected chi connectivity index (χ3v) is 4.63. The van der Waals surface area contributed by atoms with Gasteiger partial charge in [0.2, 0.25) is 0 Å². The Labute approximate surface area is 142 Å². The molecule has 1 saturated heterocycles. The average molecular weight is 324 g/mol. The second kappa shape index (κ2) is 6.91. The molecule has 1 amide bonds. The lowest BCUT2D eigenvalue weighted by Gasteiger charge is -2.31. The Morgan fingerprint density at radius 1 is 1.25 bits per heavy atom. The Kier molecular flexibility index (Phi) is 4.69. The van der Waals surface area contributed by atoms with Crippen molar-refractivity contribution in [1.82, 2.24) is 4.98 Å². The minimum atomic E-state index is -0.171. The fourth-order valence-corrected chi connectivity index (χ4v) is 2.91. The van der Waals surface area contributed by atoms with Crippen molar-refractivity contribution in [2.24, 2.45) is 5.92 Å². The van der Waals surface area contributed by atoms with Crippen LogP contribution in [0.3, 0.4) is 0 Å². The number of rotatable bonds is 3. The zero-order valence-corrected chi connectivity index (χ0v) is 14.2. The summed E-state index contributed by atoms with van der Waals surface area (Å²) < 4.78 is 0. The van der Waals surface area contributed by atoms with E-state index in [0.717, 1.165) is 36.1 Å². The number of nitrogens with zero attached hydrogens (tertiary/aromatic N) is 2. The van der Waals surface area contributed by atoms with E-state index in [9.17, 15) is 4.79 Å². The van der Waals surface area contributed by atoms with Crippen LogP contribution < -0.4 is 16.0 Å². The Balaban J connectivity index is 1.68. The first-order chi connectivity index (χ1) is 11.5. The van der Waals surface area contributed by atoms with Crippen LogP contribution in [0.2, 0.25) is 0 Å².